The van der Waals surface area contributed by atoms with Crippen molar-refractivity contribution in [2.45, 2.75) is 37.0 Å². The molecule has 1 fully saturated rings. The lowest BCUT2D eigenvalue weighted by molar-refractivity contribution is -0.138. The van der Waals surface area contributed by atoms with Crippen molar-refractivity contribution in [1.82, 2.24) is 24.4 Å². The van der Waals surface area contributed by atoms with Crippen LogP contribution in [0.1, 0.15) is 23.8 Å². The minimum atomic E-state index is -1.27. The van der Waals surface area contributed by atoms with Crippen molar-refractivity contribution in [1.29, 1.82) is 5.26 Å². The van der Waals surface area contributed by atoms with E-state index in [1.807, 2.05) is 23.1 Å². The quantitative estimate of drug-likeness (QED) is 0.239. The third-order valence-corrected chi connectivity index (χ3v) is 6.20. The summed E-state index contributed by atoms with van der Waals surface area (Å²) in [6.45, 7) is 0.878. The maximum absolute atomic E-state index is 11.2. The minimum absolute atomic E-state index is 0.171. The van der Waals surface area contributed by atoms with Gasteiger partial charge in [-0.25, -0.2) is 15.0 Å². The molecule has 2 aromatic heterocycles. The molecular weight excluding hydrogens is 480 g/mol. The van der Waals surface area contributed by atoms with Crippen LogP contribution in [0.2, 0.25) is 0 Å². The van der Waals surface area contributed by atoms with Gasteiger partial charge in [0.05, 0.1) is 18.0 Å². The molecule has 3 heterocycles. The third kappa shape index (κ3) is 5.91. The molecule has 0 spiro atoms. The lowest BCUT2D eigenvalue weighted by Gasteiger charge is -2.26. The molecule has 3 aromatic rings. The highest BCUT2D eigenvalue weighted by atomic mass is 16.6. The average molecular weight is 509 g/mol. The van der Waals surface area contributed by atoms with Gasteiger partial charge in [-0.2, -0.15) is 5.26 Å². The molecule has 13 heteroatoms. The lowest BCUT2D eigenvalue weighted by Crippen LogP contribution is -2.42. The molecule has 13 nitrogen and oxygen atoms in total. The van der Waals surface area contributed by atoms with E-state index in [9.17, 15) is 15.0 Å². The molecule has 7 N–H and O–H groups in total. The summed E-state index contributed by atoms with van der Waals surface area (Å²) in [4.78, 5) is 25.3. The van der Waals surface area contributed by atoms with E-state index >= 15 is 0 Å². The molecule has 1 saturated heterocycles. The largest absolute Gasteiger partial charge is 0.480 e. The smallest absolute Gasteiger partial charge is 0.320 e. The Bertz CT molecular complexity index is 1320. The number of anilines is 1. The second-order valence-electron chi connectivity index (χ2n) is 8.76. The summed E-state index contributed by atoms with van der Waals surface area (Å²) in [5.41, 5.74) is 13.6. The number of rotatable bonds is 10. The minimum Gasteiger partial charge on any atom is -0.480 e. The van der Waals surface area contributed by atoms with Gasteiger partial charge in [0.25, 0.3) is 0 Å². The number of benzene rings is 1. The molecule has 0 bridgehead atoms. The number of carboxylic acid groups (broad SMARTS) is 1. The molecule has 1 aliphatic heterocycles. The number of aliphatic hydroxyl groups is 2. The zero-order chi connectivity index (χ0) is 26.5. The zero-order valence-electron chi connectivity index (χ0n) is 19.8. The summed E-state index contributed by atoms with van der Waals surface area (Å²) in [6.07, 6.45) is 2.30. The first-order chi connectivity index (χ1) is 17.8. The summed E-state index contributed by atoms with van der Waals surface area (Å²) in [5, 5.41) is 39.8. The maximum atomic E-state index is 11.2. The van der Waals surface area contributed by atoms with Gasteiger partial charge in [-0.3, -0.25) is 14.3 Å². The summed E-state index contributed by atoms with van der Waals surface area (Å²) in [5.74, 6) is -0.925. The van der Waals surface area contributed by atoms with Crippen molar-refractivity contribution in [3.8, 4) is 6.07 Å². The number of aromatic nitrogens is 4. The lowest BCUT2D eigenvalue weighted by atomic mass is 10.1. The predicted octanol–water partition coefficient (Wildman–Crippen LogP) is -0.283. The fourth-order valence-corrected chi connectivity index (χ4v) is 4.17. The number of hydrogen-bond donors (Lipinski definition) is 5. The van der Waals surface area contributed by atoms with E-state index in [0.29, 0.717) is 29.8 Å². The molecule has 5 atom stereocenters. The number of nitrogens with zero attached hydrogens (tertiary/aromatic N) is 6. The first-order valence-electron chi connectivity index (χ1n) is 11.6. The van der Waals surface area contributed by atoms with Crippen LogP contribution in [0.4, 0.5) is 5.82 Å². The number of aliphatic carboxylic acids is 1. The summed E-state index contributed by atoms with van der Waals surface area (Å²) >= 11 is 0. The molecule has 0 radical (unpaired) electrons. The normalized spacial score (nSPS) is 22.6. The second kappa shape index (κ2) is 11.4. The molecule has 4 rings (SSSR count). The molecule has 1 aliphatic rings. The van der Waals surface area contributed by atoms with Gasteiger partial charge < -0.3 is 31.5 Å². The highest BCUT2D eigenvalue weighted by Gasteiger charge is 2.44. The van der Waals surface area contributed by atoms with Crippen LogP contribution < -0.4 is 11.5 Å². The van der Waals surface area contributed by atoms with Crippen molar-refractivity contribution < 1.29 is 24.9 Å². The van der Waals surface area contributed by atoms with E-state index in [1.54, 1.807) is 18.2 Å². The molecular formula is C24H28N8O5. The zero-order valence-corrected chi connectivity index (χ0v) is 19.8. The molecule has 0 unspecified atom stereocenters. The van der Waals surface area contributed by atoms with Crippen LogP contribution in [0, 0.1) is 11.3 Å². The van der Waals surface area contributed by atoms with Gasteiger partial charge in [0.1, 0.15) is 36.2 Å². The van der Waals surface area contributed by atoms with Crippen LogP contribution in [-0.2, 0) is 9.53 Å². The number of fused-ring (bicyclic) bond motifs is 1. The first kappa shape index (κ1) is 26.1. The van der Waals surface area contributed by atoms with Crippen LogP contribution in [-0.4, -0.2) is 89.7 Å². The number of carboxylic acids is 1. The highest BCUT2D eigenvalue weighted by molar-refractivity contribution is 5.81. The van der Waals surface area contributed by atoms with E-state index in [-0.39, 0.29) is 18.8 Å². The third-order valence-electron chi connectivity index (χ3n) is 6.20. The number of aliphatic hydroxyl groups excluding tert-OH is 2. The van der Waals surface area contributed by atoms with E-state index < -0.39 is 36.6 Å². The Balaban J connectivity index is 1.49. The van der Waals surface area contributed by atoms with E-state index in [4.69, 9.17) is 26.6 Å². The number of nitrogens with two attached hydrogens (primary N) is 2. The maximum Gasteiger partial charge on any atom is 0.320 e. The van der Waals surface area contributed by atoms with Crippen LogP contribution in [0.25, 0.3) is 17.2 Å². The first-order valence-corrected chi connectivity index (χ1v) is 11.6. The van der Waals surface area contributed by atoms with E-state index in [1.165, 1.54) is 17.2 Å². The number of hydrogen-bond acceptors (Lipinski definition) is 11. The Morgan fingerprint density at radius 3 is 2.86 bits per heavy atom. The Labute approximate surface area is 212 Å². The van der Waals surface area contributed by atoms with Crippen LogP contribution in [0.3, 0.4) is 0 Å². The van der Waals surface area contributed by atoms with Crippen LogP contribution in [0.15, 0.2) is 43.0 Å². The molecule has 194 valence electrons. The molecule has 0 saturated carbocycles. The number of nitriles is 1. The van der Waals surface area contributed by atoms with Crippen LogP contribution >= 0.6 is 0 Å². The monoisotopic (exact) mass is 508 g/mol. The summed E-state index contributed by atoms with van der Waals surface area (Å²) < 4.78 is 7.52. The van der Waals surface area contributed by atoms with Gasteiger partial charge in [0, 0.05) is 19.6 Å². The van der Waals surface area contributed by atoms with Crippen molar-refractivity contribution in [3.05, 3.63) is 54.1 Å². The van der Waals surface area contributed by atoms with Gasteiger partial charge in [-0.05, 0) is 24.1 Å². The van der Waals surface area contributed by atoms with Gasteiger partial charge >= 0.3 is 5.97 Å². The standard InChI is InChI=1S/C24H28N8O5/c25-10-15-4-1-3-14(9-15)5-2-7-31(8-6-16(26)24(35)36)11-17-19(33)20(34)23(37-17)32-13-30-18-21(27)28-12-29-22(18)32/h1-5,9,12-13,16-17,19-20,23,33-34H,6-8,11,26H2,(H,35,36)(H2,27,28,29)/b5-2+/t16-,17+,19+,20+,23+/m0/s1. The average Bonchev–Trinajstić information content (AvgIpc) is 3.44. The topological polar surface area (TPSA) is 210 Å². The number of carbonyl (C=O) groups is 1. The van der Waals surface area contributed by atoms with Gasteiger partial charge in [0.15, 0.2) is 17.7 Å². The van der Waals surface area contributed by atoms with Crippen molar-refractivity contribution in [2.75, 3.05) is 25.4 Å². The fourth-order valence-electron chi connectivity index (χ4n) is 4.17. The molecule has 37 heavy (non-hydrogen) atoms. The second-order valence-corrected chi connectivity index (χ2v) is 8.76. The van der Waals surface area contributed by atoms with E-state index in [0.717, 1.165) is 5.56 Å². The predicted molar refractivity (Wildman–Crippen MR) is 133 cm³/mol. The number of nitrogen functional groups attached to an aromatic ring is 1. The van der Waals surface area contributed by atoms with E-state index in [2.05, 4.69) is 21.0 Å². The molecule has 1 aromatic carbocycles. The molecule has 0 amide bonds. The van der Waals surface area contributed by atoms with Crippen molar-refractivity contribution in [2.24, 2.45) is 5.73 Å². The summed E-state index contributed by atoms with van der Waals surface area (Å²) in [7, 11) is 0. The highest BCUT2D eigenvalue weighted by Crippen LogP contribution is 2.32. The number of imidazole rings is 1. The van der Waals surface area contributed by atoms with Crippen LogP contribution in [0.5, 0.6) is 0 Å². The van der Waals surface area contributed by atoms with Gasteiger partial charge in [-0.15, -0.1) is 0 Å². The Morgan fingerprint density at radius 2 is 2.11 bits per heavy atom. The summed E-state index contributed by atoms with van der Waals surface area (Å²) in [6, 6.07) is 8.15. The van der Waals surface area contributed by atoms with Gasteiger partial charge in [0.2, 0.25) is 0 Å². The van der Waals surface area contributed by atoms with Crippen molar-refractivity contribution >= 4 is 29.0 Å². The Morgan fingerprint density at radius 1 is 1.30 bits per heavy atom. The van der Waals surface area contributed by atoms with Crippen molar-refractivity contribution in [3.63, 3.8) is 0 Å². The Kier molecular flexibility index (Phi) is 8.07. The van der Waals surface area contributed by atoms with Gasteiger partial charge in [-0.1, -0.05) is 24.3 Å². The fraction of sp³-hybridized carbons (Fsp3) is 0.375. The number of ether oxygens (including phenoxy) is 1. The molecule has 0 aliphatic carbocycles. The SMILES string of the molecule is N#Cc1cccc(/C=C/CN(CC[C@H](N)C(=O)O)C[C@H]2O[C@@H](n3cnc4c(N)ncnc43)[C@H](O)[C@@H]2O)c1. The Hall–Kier alpha value is -3.93.